The van der Waals surface area contributed by atoms with Crippen molar-refractivity contribution < 1.29 is 14.6 Å². The lowest BCUT2D eigenvalue weighted by Crippen LogP contribution is -2.49. The van der Waals surface area contributed by atoms with Crippen LogP contribution in [0.25, 0.3) is 0 Å². The molecule has 0 bridgehead atoms. The van der Waals surface area contributed by atoms with Gasteiger partial charge in [-0.15, -0.1) is 0 Å². The monoisotopic (exact) mass is 240 g/mol. The number of ether oxygens (including phenoxy) is 1. The number of hydrogen-bond acceptors (Lipinski definition) is 4. The van der Waals surface area contributed by atoms with E-state index in [1.54, 1.807) is 4.90 Å². The number of aliphatic hydroxyl groups excluding tert-OH is 1. The summed E-state index contributed by atoms with van der Waals surface area (Å²) in [5.74, 6) is 0. The first kappa shape index (κ1) is 13.8. The highest BCUT2D eigenvalue weighted by molar-refractivity contribution is 5.68. The summed E-state index contributed by atoms with van der Waals surface area (Å²) in [6, 6.07) is 1.81. The van der Waals surface area contributed by atoms with Crippen LogP contribution in [0.2, 0.25) is 0 Å². The number of carbonyl (C=O) groups excluding carboxylic acids is 1. The number of piperidine rings is 1. The summed E-state index contributed by atoms with van der Waals surface area (Å²) in [4.78, 5) is 13.5. The minimum atomic E-state index is -0.537. The zero-order valence-electron chi connectivity index (χ0n) is 10.6. The maximum Gasteiger partial charge on any atom is 0.410 e. The van der Waals surface area contributed by atoms with Gasteiger partial charge in [-0.25, -0.2) is 4.79 Å². The van der Waals surface area contributed by atoms with E-state index in [4.69, 9.17) is 10.00 Å². The molecular weight excluding hydrogens is 220 g/mol. The van der Waals surface area contributed by atoms with Crippen molar-refractivity contribution in [3.8, 4) is 6.07 Å². The maximum atomic E-state index is 11.9. The molecule has 0 aromatic carbocycles. The van der Waals surface area contributed by atoms with Gasteiger partial charge >= 0.3 is 6.09 Å². The lowest BCUT2D eigenvalue weighted by atomic mass is 9.98. The van der Waals surface area contributed by atoms with Crippen molar-refractivity contribution in [2.75, 3.05) is 6.54 Å². The van der Waals surface area contributed by atoms with Crippen molar-refractivity contribution in [3.63, 3.8) is 0 Å². The third-order valence-electron chi connectivity index (χ3n) is 2.64. The first-order chi connectivity index (χ1) is 7.83. The molecule has 0 aromatic heterocycles. The Morgan fingerprint density at radius 1 is 1.59 bits per heavy atom. The van der Waals surface area contributed by atoms with Crippen LogP contribution in [0.15, 0.2) is 0 Å². The molecule has 17 heavy (non-hydrogen) atoms. The van der Waals surface area contributed by atoms with Crippen LogP contribution in [0.5, 0.6) is 0 Å². The largest absolute Gasteiger partial charge is 0.444 e. The molecule has 1 N–H and O–H groups in total. The molecule has 5 nitrogen and oxygen atoms in total. The molecule has 1 rings (SSSR count). The Balaban J connectivity index is 2.66. The standard InChI is InChI=1S/C12H20N2O3/c1-12(2,3)17-11(16)14-7-5-10(15)8-9(14)4-6-13/h9-10,15H,4-5,7-8H2,1-3H3/t9-,10-/m1/s1. The zero-order valence-corrected chi connectivity index (χ0v) is 10.6. The summed E-state index contributed by atoms with van der Waals surface area (Å²) < 4.78 is 5.28. The molecule has 1 heterocycles. The van der Waals surface area contributed by atoms with Gasteiger partial charge in [0, 0.05) is 6.54 Å². The summed E-state index contributed by atoms with van der Waals surface area (Å²) in [7, 11) is 0. The summed E-state index contributed by atoms with van der Waals surface area (Å²) >= 11 is 0. The molecule has 2 atom stereocenters. The fraction of sp³-hybridized carbons (Fsp3) is 0.833. The fourth-order valence-corrected chi connectivity index (χ4v) is 1.89. The Bertz CT molecular complexity index is 317. The molecule has 0 unspecified atom stereocenters. The van der Waals surface area contributed by atoms with Crippen molar-refractivity contribution in [2.24, 2.45) is 0 Å². The van der Waals surface area contributed by atoms with E-state index in [1.807, 2.05) is 26.8 Å². The summed E-state index contributed by atoms with van der Waals surface area (Å²) in [5.41, 5.74) is -0.537. The van der Waals surface area contributed by atoms with E-state index < -0.39 is 17.8 Å². The third kappa shape index (κ3) is 4.23. The van der Waals surface area contributed by atoms with Crippen LogP contribution < -0.4 is 0 Å². The first-order valence-corrected chi connectivity index (χ1v) is 5.88. The molecule has 0 saturated carbocycles. The van der Waals surface area contributed by atoms with Gasteiger partial charge in [0.15, 0.2) is 0 Å². The lowest BCUT2D eigenvalue weighted by Gasteiger charge is -2.37. The number of carbonyl (C=O) groups is 1. The van der Waals surface area contributed by atoms with Gasteiger partial charge in [-0.2, -0.15) is 5.26 Å². The van der Waals surface area contributed by atoms with Crippen molar-refractivity contribution in [1.82, 2.24) is 4.90 Å². The second-order valence-corrected chi connectivity index (χ2v) is 5.37. The zero-order chi connectivity index (χ0) is 13.1. The SMILES string of the molecule is CC(C)(C)OC(=O)N1CC[C@@H](O)C[C@H]1CC#N. The molecule has 1 amide bonds. The number of hydrogen-bond donors (Lipinski definition) is 1. The average Bonchev–Trinajstić information content (AvgIpc) is 2.15. The van der Waals surface area contributed by atoms with E-state index in [0.717, 1.165) is 0 Å². The molecule has 0 radical (unpaired) electrons. The van der Waals surface area contributed by atoms with Crippen LogP contribution in [0.4, 0.5) is 4.79 Å². The van der Waals surface area contributed by atoms with Gasteiger partial charge in [0.05, 0.1) is 24.6 Å². The second-order valence-electron chi connectivity index (χ2n) is 5.37. The molecule has 1 aliphatic heterocycles. The molecule has 1 aliphatic rings. The van der Waals surface area contributed by atoms with Crippen LogP contribution in [0.3, 0.4) is 0 Å². The van der Waals surface area contributed by atoms with Gasteiger partial charge in [-0.05, 0) is 33.6 Å². The summed E-state index contributed by atoms with van der Waals surface area (Å²) in [5, 5.41) is 18.3. The van der Waals surface area contributed by atoms with Gasteiger partial charge in [0.1, 0.15) is 5.60 Å². The Hall–Kier alpha value is -1.28. The molecule has 0 aromatic rings. The van der Waals surface area contributed by atoms with E-state index in [0.29, 0.717) is 19.4 Å². The van der Waals surface area contributed by atoms with Crippen LogP contribution in [0.1, 0.15) is 40.0 Å². The second kappa shape index (κ2) is 5.37. The van der Waals surface area contributed by atoms with E-state index in [-0.39, 0.29) is 12.5 Å². The minimum Gasteiger partial charge on any atom is -0.444 e. The van der Waals surface area contributed by atoms with E-state index in [9.17, 15) is 9.90 Å². The highest BCUT2D eigenvalue weighted by Crippen LogP contribution is 2.22. The molecular formula is C12H20N2O3. The van der Waals surface area contributed by atoms with E-state index >= 15 is 0 Å². The number of rotatable bonds is 1. The van der Waals surface area contributed by atoms with Gasteiger partial charge in [-0.3, -0.25) is 0 Å². The van der Waals surface area contributed by atoms with Crippen molar-refractivity contribution in [1.29, 1.82) is 5.26 Å². The van der Waals surface area contributed by atoms with Crippen LogP contribution in [-0.2, 0) is 4.74 Å². The Morgan fingerprint density at radius 2 is 2.24 bits per heavy atom. The topological polar surface area (TPSA) is 73.6 Å². The van der Waals surface area contributed by atoms with Gasteiger partial charge in [0.2, 0.25) is 0 Å². The minimum absolute atomic E-state index is 0.232. The van der Waals surface area contributed by atoms with Crippen molar-refractivity contribution in [3.05, 3.63) is 0 Å². The van der Waals surface area contributed by atoms with Crippen LogP contribution >= 0.6 is 0 Å². The van der Waals surface area contributed by atoms with Crippen molar-refractivity contribution in [2.45, 2.75) is 57.8 Å². The Kier molecular flexibility index (Phi) is 4.35. The number of aliphatic hydroxyl groups is 1. The summed E-state index contributed by atoms with van der Waals surface area (Å²) in [6.07, 6.45) is 0.404. The average molecular weight is 240 g/mol. The predicted molar refractivity (Wildman–Crippen MR) is 62.2 cm³/mol. The highest BCUT2D eigenvalue weighted by Gasteiger charge is 2.33. The lowest BCUT2D eigenvalue weighted by molar-refractivity contribution is -0.00695. The Labute approximate surface area is 102 Å². The number of likely N-dealkylation sites (tertiary alicyclic amines) is 1. The molecule has 0 spiro atoms. The van der Waals surface area contributed by atoms with Gasteiger partial charge in [-0.1, -0.05) is 0 Å². The van der Waals surface area contributed by atoms with E-state index in [2.05, 4.69) is 0 Å². The third-order valence-corrected chi connectivity index (χ3v) is 2.64. The molecule has 96 valence electrons. The number of nitriles is 1. The Morgan fingerprint density at radius 3 is 2.76 bits per heavy atom. The molecule has 5 heteroatoms. The maximum absolute atomic E-state index is 11.9. The van der Waals surface area contributed by atoms with Crippen LogP contribution in [-0.4, -0.2) is 40.4 Å². The fourth-order valence-electron chi connectivity index (χ4n) is 1.89. The molecule has 1 fully saturated rings. The van der Waals surface area contributed by atoms with Gasteiger partial charge < -0.3 is 14.7 Å². The normalized spacial score (nSPS) is 25.2. The van der Waals surface area contributed by atoms with Crippen molar-refractivity contribution >= 4 is 6.09 Å². The van der Waals surface area contributed by atoms with Crippen LogP contribution in [0, 0.1) is 11.3 Å². The number of amides is 1. The molecule has 1 saturated heterocycles. The summed E-state index contributed by atoms with van der Waals surface area (Å²) in [6.45, 7) is 5.87. The van der Waals surface area contributed by atoms with E-state index in [1.165, 1.54) is 0 Å². The quantitative estimate of drug-likeness (QED) is 0.756. The highest BCUT2D eigenvalue weighted by atomic mass is 16.6. The predicted octanol–water partition coefficient (Wildman–Crippen LogP) is 1.66. The van der Waals surface area contributed by atoms with Gasteiger partial charge in [0.25, 0.3) is 0 Å². The molecule has 0 aliphatic carbocycles. The smallest absolute Gasteiger partial charge is 0.410 e. The first-order valence-electron chi connectivity index (χ1n) is 5.88. The number of nitrogens with zero attached hydrogens (tertiary/aromatic N) is 2.